The van der Waals surface area contributed by atoms with Gasteiger partial charge in [0.05, 0.1) is 0 Å². The van der Waals surface area contributed by atoms with E-state index in [4.69, 9.17) is 5.73 Å². The van der Waals surface area contributed by atoms with E-state index in [1.165, 1.54) is 16.7 Å². The zero-order valence-corrected chi connectivity index (χ0v) is 8.33. The molecule has 0 atom stereocenters. The van der Waals surface area contributed by atoms with Crippen LogP contribution in [0.25, 0.3) is 16.7 Å². The normalized spacial score (nSPS) is 12.4. The van der Waals surface area contributed by atoms with Crippen LogP contribution in [0.15, 0.2) is 49.0 Å². The van der Waals surface area contributed by atoms with E-state index in [-0.39, 0.29) is 0 Å². The highest BCUT2D eigenvalue weighted by Crippen LogP contribution is 2.45. The van der Waals surface area contributed by atoms with Crippen LogP contribution in [0, 0.1) is 0 Å². The molecule has 2 N–H and O–H groups in total. The fourth-order valence-electron chi connectivity index (χ4n) is 2.25. The van der Waals surface area contributed by atoms with Gasteiger partial charge < -0.3 is 5.73 Å². The van der Waals surface area contributed by atoms with Crippen molar-refractivity contribution in [2.45, 2.75) is 0 Å². The van der Waals surface area contributed by atoms with Gasteiger partial charge >= 0.3 is 0 Å². The quantitative estimate of drug-likeness (QED) is 0.544. The van der Waals surface area contributed by atoms with Gasteiger partial charge in [0.2, 0.25) is 0 Å². The van der Waals surface area contributed by atoms with Gasteiger partial charge in [-0.1, -0.05) is 43.0 Å². The van der Waals surface area contributed by atoms with Crippen molar-refractivity contribution in [3.8, 4) is 11.1 Å². The number of benzene rings is 2. The Labute approximate surface area is 88.9 Å². The molecule has 0 saturated carbocycles. The third-order valence-corrected chi connectivity index (χ3v) is 2.94. The summed E-state index contributed by atoms with van der Waals surface area (Å²) in [5, 5.41) is 0. The molecule has 0 aliphatic heterocycles. The van der Waals surface area contributed by atoms with Gasteiger partial charge in [0.1, 0.15) is 0 Å². The van der Waals surface area contributed by atoms with E-state index in [0.29, 0.717) is 0 Å². The number of anilines is 1. The average Bonchev–Trinajstić information content (AvgIpc) is 2.55. The van der Waals surface area contributed by atoms with Crippen molar-refractivity contribution in [1.29, 1.82) is 0 Å². The zero-order chi connectivity index (χ0) is 10.4. The average molecular weight is 193 g/mol. The third kappa shape index (κ3) is 0.975. The molecule has 2 aromatic carbocycles. The van der Waals surface area contributed by atoms with Crippen LogP contribution in [0.3, 0.4) is 0 Å². The van der Waals surface area contributed by atoms with Crippen LogP contribution in [0.2, 0.25) is 0 Å². The monoisotopic (exact) mass is 193 g/mol. The standard InChI is InChI=1S/C14H11N/c1-9-10-5-2-3-6-11(10)12-7-4-8-13(15)14(9)12/h2-8H,1,15H2. The largest absolute Gasteiger partial charge is 0.398 e. The zero-order valence-electron chi connectivity index (χ0n) is 8.33. The molecule has 0 amide bonds. The summed E-state index contributed by atoms with van der Waals surface area (Å²) in [6, 6.07) is 14.3. The SMILES string of the molecule is C=C1c2ccccc2-c2cccc(N)c21. The second-order valence-electron chi connectivity index (χ2n) is 3.79. The molecular weight excluding hydrogens is 182 g/mol. The number of hydrogen-bond donors (Lipinski definition) is 1. The molecule has 0 saturated heterocycles. The predicted molar refractivity (Wildman–Crippen MR) is 64.4 cm³/mol. The highest BCUT2D eigenvalue weighted by molar-refractivity contribution is 6.03. The lowest BCUT2D eigenvalue weighted by Gasteiger charge is -2.03. The van der Waals surface area contributed by atoms with E-state index in [2.05, 4.69) is 24.8 Å². The third-order valence-electron chi connectivity index (χ3n) is 2.94. The molecule has 1 heteroatoms. The van der Waals surface area contributed by atoms with Gasteiger partial charge in [-0.2, -0.15) is 0 Å². The van der Waals surface area contributed by atoms with Crippen molar-refractivity contribution >= 4 is 11.3 Å². The van der Waals surface area contributed by atoms with E-state index in [9.17, 15) is 0 Å². The molecule has 0 aromatic heterocycles. The van der Waals surface area contributed by atoms with Gasteiger partial charge in [-0.05, 0) is 28.3 Å². The summed E-state index contributed by atoms with van der Waals surface area (Å²) in [6.07, 6.45) is 0. The van der Waals surface area contributed by atoms with Crippen molar-refractivity contribution in [2.75, 3.05) is 5.73 Å². The molecule has 1 nitrogen and oxygen atoms in total. The fourth-order valence-corrected chi connectivity index (χ4v) is 2.25. The van der Waals surface area contributed by atoms with E-state index in [1.807, 2.05) is 24.3 Å². The van der Waals surface area contributed by atoms with Crippen LogP contribution in [0.5, 0.6) is 0 Å². The van der Waals surface area contributed by atoms with Gasteiger partial charge in [0.25, 0.3) is 0 Å². The number of nitrogens with two attached hydrogens (primary N) is 1. The molecule has 1 aliphatic carbocycles. The second-order valence-corrected chi connectivity index (χ2v) is 3.79. The molecular formula is C14H11N. The molecule has 72 valence electrons. The van der Waals surface area contributed by atoms with Crippen molar-refractivity contribution < 1.29 is 0 Å². The Bertz CT molecular complexity index is 567. The van der Waals surface area contributed by atoms with Gasteiger partial charge in [-0.15, -0.1) is 0 Å². The molecule has 0 spiro atoms. The summed E-state index contributed by atoms with van der Waals surface area (Å²) < 4.78 is 0. The van der Waals surface area contributed by atoms with Crippen LogP contribution in [-0.4, -0.2) is 0 Å². The maximum Gasteiger partial charge on any atom is 0.0400 e. The maximum atomic E-state index is 5.98. The van der Waals surface area contributed by atoms with Crippen molar-refractivity contribution in [2.24, 2.45) is 0 Å². The first kappa shape index (κ1) is 8.30. The molecule has 0 fully saturated rings. The lowest BCUT2D eigenvalue weighted by atomic mass is 10.0. The van der Waals surface area contributed by atoms with Crippen molar-refractivity contribution in [3.05, 3.63) is 60.2 Å². The first-order chi connectivity index (χ1) is 7.29. The Morgan fingerprint density at radius 1 is 0.800 bits per heavy atom. The highest BCUT2D eigenvalue weighted by Gasteiger charge is 2.22. The molecule has 0 unspecified atom stereocenters. The van der Waals surface area contributed by atoms with Gasteiger partial charge in [0, 0.05) is 11.3 Å². The lowest BCUT2D eigenvalue weighted by molar-refractivity contribution is 1.64. The summed E-state index contributed by atoms with van der Waals surface area (Å²) in [4.78, 5) is 0. The minimum absolute atomic E-state index is 0.814. The number of rotatable bonds is 0. The Kier molecular flexibility index (Phi) is 1.51. The van der Waals surface area contributed by atoms with E-state index < -0.39 is 0 Å². The summed E-state index contributed by atoms with van der Waals surface area (Å²) in [7, 11) is 0. The van der Waals surface area contributed by atoms with E-state index in [0.717, 1.165) is 16.8 Å². The van der Waals surface area contributed by atoms with Crippen LogP contribution < -0.4 is 5.73 Å². The van der Waals surface area contributed by atoms with E-state index >= 15 is 0 Å². The molecule has 0 heterocycles. The van der Waals surface area contributed by atoms with Crippen LogP contribution >= 0.6 is 0 Å². The molecule has 15 heavy (non-hydrogen) atoms. The van der Waals surface area contributed by atoms with Crippen LogP contribution in [-0.2, 0) is 0 Å². The lowest BCUT2D eigenvalue weighted by Crippen LogP contribution is -1.90. The smallest absolute Gasteiger partial charge is 0.0400 e. The van der Waals surface area contributed by atoms with Gasteiger partial charge in [-0.3, -0.25) is 0 Å². The highest BCUT2D eigenvalue weighted by atomic mass is 14.6. The summed E-state index contributed by atoms with van der Waals surface area (Å²) >= 11 is 0. The number of fused-ring (bicyclic) bond motifs is 3. The van der Waals surface area contributed by atoms with Crippen LogP contribution in [0.4, 0.5) is 5.69 Å². The summed E-state index contributed by atoms with van der Waals surface area (Å²) in [5.74, 6) is 0. The predicted octanol–water partition coefficient (Wildman–Crippen LogP) is 3.31. The Morgan fingerprint density at radius 3 is 2.27 bits per heavy atom. The van der Waals surface area contributed by atoms with Crippen molar-refractivity contribution in [1.82, 2.24) is 0 Å². The molecule has 2 aromatic rings. The summed E-state index contributed by atoms with van der Waals surface area (Å²) in [6.45, 7) is 4.12. The van der Waals surface area contributed by atoms with Crippen molar-refractivity contribution in [3.63, 3.8) is 0 Å². The fraction of sp³-hybridized carbons (Fsp3) is 0. The maximum absolute atomic E-state index is 5.98. The molecule has 0 bridgehead atoms. The number of hydrogen-bond acceptors (Lipinski definition) is 1. The minimum atomic E-state index is 0.814. The van der Waals surface area contributed by atoms with E-state index in [1.54, 1.807) is 0 Å². The molecule has 3 rings (SSSR count). The topological polar surface area (TPSA) is 26.0 Å². The van der Waals surface area contributed by atoms with Gasteiger partial charge in [0.15, 0.2) is 0 Å². The minimum Gasteiger partial charge on any atom is -0.398 e. The number of nitrogen functional groups attached to an aromatic ring is 1. The Balaban J connectivity index is 2.43. The van der Waals surface area contributed by atoms with Gasteiger partial charge in [-0.25, -0.2) is 0 Å². The van der Waals surface area contributed by atoms with Crippen LogP contribution in [0.1, 0.15) is 11.1 Å². The Morgan fingerprint density at radius 2 is 1.47 bits per heavy atom. The molecule has 0 radical (unpaired) electrons. The Hall–Kier alpha value is -2.02. The summed E-state index contributed by atoms with van der Waals surface area (Å²) in [5.41, 5.74) is 12.6. The molecule has 1 aliphatic rings. The first-order valence-corrected chi connectivity index (χ1v) is 4.96. The first-order valence-electron chi connectivity index (χ1n) is 4.96. The second kappa shape index (κ2) is 2.74.